The van der Waals surface area contributed by atoms with E-state index in [1.165, 1.54) is 12.1 Å². The number of benzene rings is 3. The molecule has 0 saturated carbocycles. The molecule has 0 fully saturated rings. The van der Waals surface area contributed by atoms with Gasteiger partial charge in [0.2, 0.25) is 0 Å². The van der Waals surface area contributed by atoms with E-state index in [4.69, 9.17) is 0 Å². The number of alkyl halides is 4. The van der Waals surface area contributed by atoms with Gasteiger partial charge in [0.15, 0.2) is 0 Å². The van der Waals surface area contributed by atoms with Crippen molar-refractivity contribution in [2.75, 3.05) is 0 Å². The van der Waals surface area contributed by atoms with Gasteiger partial charge < -0.3 is 14.7 Å². The van der Waals surface area contributed by atoms with Gasteiger partial charge in [0, 0.05) is 39.1 Å². The van der Waals surface area contributed by atoms with Crippen molar-refractivity contribution in [1.29, 1.82) is 0 Å². The molecule has 7 heteroatoms. The average molecular weight is 466 g/mol. The fourth-order valence-corrected chi connectivity index (χ4v) is 4.78. The fourth-order valence-electron chi connectivity index (χ4n) is 4.78. The van der Waals surface area contributed by atoms with Crippen molar-refractivity contribution in [3.8, 4) is 5.75 Å². The molecule has 0 bridgehead atoms. The van der Waals surface area contributed by atoms with Gasteiger partial charge >= 0.3 is 12.5 Å². The van der Waals surface area contributed by atoms with Crippen molar-refractivity contribution in [3.63, 3.8) is 0 Å². The van der Waals surface area contributed by atoms with Gasteiger partial charge in [-0.05, 0) is 54.8 Å². The molecule has 2 heterocycles. The maximum Gasteiger partial charge on any atom is 0.461 e. The summed E-state index contributed by atoms with van der Waals surface area (Å²) in [5, 5.41) is 2.00. The number of rotatable bonds is 6. The number of fused-ring (bicyclic) bond motifs is 2. The lowest BCUT2D eigenvalue weighted by Gasteiger charge is -2.22. The first-order chi connectivity index (χ1) is 16.3. The zero-order valence-electron chi connectivity index (χ0n) is 18.5. The van der Waals surface area contributed by atoms with Crippen LogP contribution in [0.25, 0.3) is 21.8 Å². The third kappa shape index (κ3) is 3.71. The van der Waals surface area contributed by atoms with Gasteiger partial charge in [0.1, 0.15) is 5.75 Å². The first-order valence-corrected chi connectivity index (χ1v) is 10.9. The molecule has 0 aliphatic rings. The number of aromatic nitrogens is 2. The van der Waals surface area contributed by atoms with Crippen LogP contribution in [-0.4, -0.2) is 22.5 Å². The minimum absolute atomic E-state index is 0.317. The Morgan fingerprint density at radius 3 is 1.79 bits per heavy atom. The van der Waals surface area contributed by atoms with Crippen LogP contribution >= 0.6 is 0 Å². The third-order valence-corrected chi connectivity index (χ3v) is 6.16. The zero-order chi connectivity index (χ0) is 24.0. The van der Waals surface area contributed by atoms with E-state index in [9.17, 15) is 17.6 Å². The van der Waals surface area contributed by atoms with Gasteiger partial charge in [-0.3, -0.25) is 0 Å². The number of hydrogen-bond acceptors (Lipinski definition) is 1. The first-order valence-electron chi connectivity index (χ1n) is 10.9. The lowest BCUT2D eigenvalue weighted by molar-refractivity contribution is -0.253. The Kier molecular flexibility index (Phi) is 5.35. The van der Waals surface area contributed by atoms with Crippen LogP contribution in [-0.2, 0) is 0 Å². The van der Waals surface area contributed by atoms with Crippen LogP contribution in [0.4, 0.5) is 17.6 Å². The van der Waals surface area contributed by atoms with E-state index in [0.29, 0.717) is 5.56 Å². The van der Waals surface area contributed by atoms with E-state index in [0.717, 1.165) is 44.3 Å². The van der Waals surface area contributed by atoms with E-state index >= 15 is 0 Å². The molecule has 2 aromatic heterocycles. The second-order valence-corrected chi connectivity index (χ2v) is 8.39. The van der Waals surface area contributed by atoms with Gasteiger partial charge in [-0.25, -0.2) is 0 Å². The molecule has 2 N–H and O–H groups in total. The normalized spacial score (nSPS) is 12.4. The van der Waals surface area contributed by atoms with Crippen molar-refractivity contribution < 1.29 is 22.3 Å². The number of aryl methyl sites for hydroxylation is 2. The smallest absolute Gasteiger partial charge is 0.428 e. The predicted octanol–water partition coefficient (Wildman–Crippen LogP) is 7.68. The maximum atomic E-state index is 13.7. The van der Waals surface area contributed by atoms with E-state index in [1.807, 2.05) is 62.4 Å². The second kappa shape index (κ2) is 8.24. The Balaban J connectivity index is 1.76. The summed E-state index contributed by atoms with van der Waals surface area (Å²) in [7, 11) is 0. The molecular weight excluding hydrogens is 444 g/mol. The predicted molar refractivity (Wildman–Crippen MR) is 125 cm³/mol. The summed E-state index contributed by atoms with van der Waals surface area (Å²) in [6.45, 7) is 3.94. The van der Waals surface area contributed by atoms with E-state index in [1.54, 1.807) is 12.1 Å². The van der Waals surface area contributed by atoms with E-state index < -0.39 is 12.5 Å². The summed E-state index contributed by atoms with van der Waals surface area (Å²) in [5.74, 6) is -0.682. The molecule has 3 aromatic carbocycles. The molecule has 174 valence electrons. The summed E-state index contributed by atoms with van der Waals surface area (Å²) in [6.07, 6.45) is -8.51. The number of H-pyrrole nitrogens is 2. The van der Waals surface area contributed by atoms with Crippen molar-refractivity contribution in [3.05, 3.63) is 101 Å². The fraction of sp³-hybridized carbons (Fsp3) is 0.185. The minimum atomic E-state index is -4.58. The molecule has 0 saturated heterocycles. The molecule has 5 rings (SSSR count). The van der Waals surface area contributed by atoms with Gasteiger partial charge in [-0.15, -0.1) is 0 Å². The summed E-state index contributed by atoms with van der Waals surface area (Å²) >= 11 is 0. The maximum absolute atomic E-state index is 13.7. The minimum Gasteiger partial charge on any atom is -0.428 e. The largest absolute Gasteiger partial charge is 0.461 e. The topological polar surface area (TPSA) is 40.8 Å². The molecule has 0 aliphatic carbocycles. The Hall–Kier alpha value is -3.74. The van der Waals surface area contributed by atoms with Gasteiger partial charge in [0.25, 0.3) is 0 Å². The Morgan fingerprint density at radius 1 is 0.735 bits per heavy atom. The molecule has 0 atom stereocenters. The highest BCUT2D eigenvalue weighted by atomic mass is 19.3. The number of aromatic amines is 2. The zero-order valence-corrected chi connectivity index (χ0v) is 18.5. The van der Waals surface area contributed by atoms with Crippen molar-refractivity contribution in [2.45, 2.75) is 32.3 Å². The summed E-state index contributed by atoms with van der Waals surface area (Å²) < 4.78 is 57.3. The van der Waals surface area contributed by atoms with Gasteiger partial charge in [0.05, 0.1) is 0 Å². The first kappa shape index (κ1) is 22.1. The molecule has 0 spiro atoms. The van der Waals surface area contributed by atoms with Crippen molar-refractivity contribution >= 4 is 21.8 Å². The summed E-state index contributed by atoms with van der Waals surface area (Å²) in [5.41, 5.74) is 6.40. The second-order valence-electron chi connectivity index (χ2n) is 8.39. The summed E-state index contributed by atoms with van der Waals surface area (Å²) in [4.78, 5) is 6.83. The lowest BCUT2D eigenvalue weighted by Crippen LogP contribution is -2.33. The Labute approximate surface area is 193 Å². The monoisotopic (exact) mass is 466 g/mol. The number of hydrogen-bond donors (Lipinski definition) is 2. The van der Waals surface area contributed by atoms with E-state index in [2.05, 4.69) is 14.7 Å². The number of nitrogens with one attached hydrogen (secondary N) is 2. The van der Waals surface area contributed by atoms with Crippen LogP contribution in [0.2, 0.25) is 0 Å². The molecule has 3 nitrogen and oxygen atoms in total. The highest BCUT2D eigenvalue weighted by molar-refractivity contribution is 5.90. The van der Waals surface area contributed by atoms with Crippen LogP contribution in [0.5, 0.6) is 5.75 Å². The average Bonchev–Trinajstić information content (AvgIpc) is 3.30. The molecular formula is C27H22F4N2O. The number of halogens is 4. The molecule has 5 aromatic rings. The van der Waals surface area contributed by atoms with Gasteiger partial charge in [-0.1, -0.05) is 48.5 Å². The Morgan fingerprint density at radius 2 is 1.26 bits per heavy atom. The van der Waals surface area contributed by atoms with Crippen molar-refractivity contribution in [2.24, 2.45) is 0 Å². The molecule has 0 unspecified atom stereocenters. The third-order valence-electron chi connectivity index (χ3n) is 6.16. The standard InChI is InChI=1S/C27H22F4N2O/c1-15-23(19-10-3-5-12-21(19)32-15)25(24-16(2)33-22-13-6-4-11-20(22)24)17-8-7-9-18(14-17)34-27(30,31)26(28)29/h3-14,25-26,32-33H,1-2H3. The van der Waals surface area contributed by atoms with Crippen LogP contribution in [0.3, 0.4) is 0 Å². The molecule has 0 amide bonds. The highest BCUT2D eigenvalue weighted by Gasteiger charge is 2.44. The molecule has 0 radical (unpaired) electrons. The number of ether oxygens (including phenoxy) is 1. The van der Waals surface area contributed by atoms with Crippen LogP contribution in [0.1, 0.15) is 34.0 Å². The highest BCUT2D eigenvalue weighted by Crippen LogP contribution is 2.43. The lowest BCUT2D eigenvalue weighted by atomic mass is 9.82. The van der Waals surface area contributed by atoms with Crippen LogP contribution in [0.15, 0.2) is 72.8 Å². The SMILES string of the molecule is Cc1[nH]c2ccccc2c1C(c1cccc(OC(F)(F)C(F)F)c1)c1c(C)[nH]c2ccccc12. The molecule has 0 aliphatic heterocycles. The van der Waals surface area contributed by atoms with Crippen LogP contribution in [0, 0.1) is 13.8 Å². The van der Waals surface area contributed by atoms with Crippen molar-refractivity contribution in [1.82, 2.24) is 9.97 Å². The molecule has 34 heavy (non-hydrogen) atoms. The quantitative estimate of drug-likeness (QED) is 0.248. The Bertz CT molecular complexity index is 1400. The van der Waals surface area contributed by atoms with E-state index in [-0.39, 0.29) is 11.7 Å². The number of para-hydroxylation sites is 2. The van der Waals surface area contributed by atoms with Crippen LogP contribution < -0.4 is 4.74 Å². The summed E-state index contributed by atoms with van der Waals surface area (Å²) in [6, 6.07) is 21.8. The van der Waals surface area contributed by atoms with Gasteiger partial charge in [-0.2, -0.15) is 17.6 Å².